The van der Waals surface area contributed by atoms with Gasteiger partial charge in [-0.15, -0.1) is 0 Å². The van der Waals surface area contributed by atoms with Crippen LogP contribution in [-0.4, -0.2) is 29.3 Å². The summed E-state index contributed by atoms with van der Waals surface area (Å²) in [7, 11) is -3.46. The molecular formula is C21H38O3Si2. The van der Waals surface area contributed by atoms with Gasteiger partial charge in [0.05, 0.1) is 12.7 Å². The Morgan fingerprint density at radius 3 is 1.69 bits per heavy atom. The van der Waals surface area contributed by atoms with E-state index in [1.54, 1.807) is 0 Å². The van der Waals surface area contributed by atoms with Crippen LogP contribution in [0.1, 0.15) is 47.1 Å². The van der Waals surface area contributed by atoms with Crippen LogP contribution >= 0.6 is 0 Å². The smallest absolute Gasteiger partial charge is 0.250 e. The third-order valence-electron chi connectivity index (χ3n) is 6.39. The van der Waals surface area contributed by atoms with Crippen molar-refractivity contribution in [3.63, 3.8) is 0 Å². The van der Waals surface area contributed by atoms with Gasteiger partial charge in [-0.25, -0.2) is 0 Å². The van der Waals surface area contributed by atoms with Gasteiger partial charge in [0.2, 0.25) is 0 Å². The van der Waals surface area contributed by atoms with E-state index in [1.165, 1.54) is 5.56 Å². The molecule has 0 bridgehead atoms. The quantitative estimate of drug-likeness (QED) is 0.304. The molecule has 148 valence electrons. The average molecular weight is 395 g/mol. The van der Waals surface area contributed by atoms with Gasteiger partial charge in [0.25, 0.3) is 16.6 Å². The van der Waals surface area contributed by atoms with E-state index in [-0.39, 0.29) is 0 Å². The SMILES string of the molecule is CC[Si](CC)(CC)Oc1ccc(CC2CO2)cc1O[Si](CC)(CC)CC. The van der Waals surface area contributed by atoms with Gasteiger partial charge in [-0.3, -0.25) is 0 Å². The molecule has 0 aromatic heterocycles. The van der Waals surface area contributed by atoms with Crippen molar-refractivity contribution in [2.24, 2.45) is 0 Å². The third-order valence-corrected chi connectivity index (χ3v) is 15.4. The highest BCUT2D eigenvalue weighted by atomic mass is 28.4. The molecule has 26 heavy (non-hydrogen) atoms. The van der Waals surface area contributed by atoms with E-state index in [2.05, 4.69) is 59.7 Å². The Bertz CT molecular complexity index is 548. The van der Waals surface area contributed by atoms with Crippen molar-refractivity contribution < 1.29 is 13.6 Å². The van der Waals surface area contributed by atoms with Crippen LogP contribution in [0.15, 0.2) is 18.2 Å². The van der Waals surface area contributed by atoms with Crippen molar-refractivity contribution in [1.29, 1.82) is 0 Å². The van der Waals surface area contributed by atoms with Gasteiger partial charge in [0.15, 0.2) is 0 Å². The summed E-state index contributed by atoms with van der Waals surface area (Å²) in [5.41, 5.74) is 1.30. The zero-order valence-corrected chi connectivity index (χ0v) is 19.7. The van der Waals surface area contributed by atoms with Crippen LogP contribution < -0.4 is 8.85 Å². The van der Waals surface area contributed by atoms with E-state index in [0.717, 1.165) is 60.8 Å². The van der Waals surface area contributed by atoms with Gasteiger partial charge >= 0.3 is 0 Å². The molecule has 1 heterocycles. The Hall–Kier alpha value is -0.786. The molecule has 5 heteroatoms. The molecule has 0 radical (unpaired) electrons. The summed E-state index contributed by atoms with van der Waals surface area (Å²) < 4.78 is 19.0. The van der Waals surface area contributed by atoms with Crippen LogP contribution in [0, 0.1) is 0 Å². The zero-order chi connectivity index (χ0) is 19.2. The normalized spacial score (nSPS) is 17.2. The van der Waals surface area contributed by atoms with Gasteiger partial charge in [-0.05, 0) is 54.0 Å². The summed E-state index contributed by atoms with van der Waals surface area (Å²) >= 11 is 0. The van der Waals surface area contributed by atoms with E-state index < -0.39 is 16.6 Å². The van der Waals surface area contributed by atoms with Crippen molar-refractivity contribution in [2.45, 2.75) is 90.3 Å². The van der Waals surface area contributed by atoms with Crippen molar-refractivity contribution >= 4 is 16.6 Å². The second kappa shape index (κ2) is 9.42. The van der Waals surface area contributed by atoms with Gasteiger partial charge in [-0.1, -0.05) is 47.6 Å². The average Bonchev–Trinajstić information content (AvgIpc) is 3.50. The van der Waals surface area contributed by atoms with Crippen molar-refractivity contribution in [2.75, 3.05) is 6.61 Å². The molecule has 0 N–H and O–H groups in total. The molecule has 1 atom stereocenters. The monoisotopic (exact) mass is 394 g/mol. The summed E-state index contributed by atoms with van der Waals surface area (Å²) in [4.78, 5) is 0. The largest absolute Gasteiger partial charge is 0.541 e. The van der Waals surface area contributed by atoms with Gasteiger partial charge in [0, 0.05) is 6.42 Å². The van der Waals surface area contributed by atoms with Crippen LogP contribution in [0.4, 0.5) is 0 Å². The van der Waals surface area contributed by atoms with Crippen LogP contribution in [0.5, 0.6) is 11.5 Å². The standard InChI is InChI=1S/C21H38O3Si2/c1-7-25(8-2,9-3)23-20-14-13-18(15-19-17-22-19)16-21(20)24-26(10-4,11-5)12-6/h13-14,16,19H,7-12,15,17H2,1-6H3. The second-order valence-corrected chi connectivity index (χ2v) is 17.0. The summed E-state index contributed by atoms with van der Waals surface area (Å²) in [6.07, 6.45) is 1.38. The number of rotatable bonds is 12. The van der Waals surface area contributed by atoms with E-state index in [4.69, 9.17) is 13.6 Å². The van der Waals surface area contributed by atoms with Crippen LogP contribution in [0.25, 0.3) is 0 Å². The highest BCUT2D eigenvalue weighted by Crippen LogP contribution is 2.38. The van der Waals surface area contributed by atoms with E-state index in [9.17, 15) is 0 Å². The van der Waals surface area contributed by atoms with Gasteiger partial charge < -0.3 is 13.6 Å². The Labute approximate surface area is 162 Å². The van der Waals surface area contributed by atoms with Crippen molar-refractivity contribution in [3.05, 3.63) is 23.8 Å². The predicted molar refractivity (Wildman–Crippen MR) is 116 cm³/mol. The van der Waals surface area contributed by atoms with Gasteiger partial charge in [-0.2, -0.15) is 0 Å². The van der Waals surface area contributed by atoms with Crippen molar-refractivity contribution in [3.8, 4) is 11.5 Å². The second-order valence-electron chi connectivity index (χ2n) is 7.63. The molecule has 1 unspecified atom stereocenters. The Balaban J connectivity index is 2.35. The van der Waals surface area contributed by atoms with Crippen LogP contribution in [0.2, 0.25) is 36.3 Å². The van der Waals surface area contributed by atoms with E-state index >= 15 is 0 Å². The fourth-order valence-electron chi connectivity index (χ4n) is 3.69. The first-order chi connectivity index (χ1) is 12.5. The molecule has 1 aromatic rings. The zero-order valence-electron chi connectivity index (χ0n) is 17.7. The number of hydrogen-bond donors (Lipinski definition) is 0. The Morgan fingerprint density at radius 1 is 0.808 bits per heavy atom. The van der Waals surface area contributed by atoms with Crippen LogP contribution in [0.3, 0.4) is 0 Å². The van der Waals surface area contributed by atoms with Gasteiger partial charge in [0.1, 0.15) is 11.5 Å². The fourth-order valence-corrected chi connectivity index (χ4v) is 8.82. The molecular weight excluding hydrogens is 356 g/mol. The molecule has 1 fully saturated rings. The lowest BCUT2D eigenvalue weighted by atomic mass is 10.1. The van der Waals surface area contributed by atoms with E-state index in [0.29, 0.717) is 6.10 Å². The molecule has 1 aliphatic rings. The maximum absolute atomic E-state index is 6.80. The lowest BCUT2D eigenvalue weighted by molar-refractivity contribution is 0.407. The summed E-state index contributed by atoms with van der Waals surface area (Å²) in [6, 6.07) is 13.5. The molecule has 0 spiro atoms. The van der Waals surface area contributed by atoms with Crippen LogP contribution in [-0.2, 0) is 11.2 Å². The summed E-state index contributed by atoms with van der Waals surface area (Å²) in [6.45, 7) is 14.6. The predicted octanol–water partition coefficient (Wildman–Crippen LogP) is 6.40. The summed E-state index contributed by atoms with van der Waals surface area (Å²) in [5, 5.41) is 0. The summed E-state index contributed by atoms with van der Waals surface area (Å²) in [5.74, 6) is 1.97. The molecule has 1 aliphatic heterocycles. The minimum absolute atomic E-state index is 0.399. The first-order valence-electron chi connectivity index (χ1n) is 10.6. The van der Waals surface area contributed by atoms with E-state index in [1.807, 2.05) is 0 Å². The molecule has 3 nitrogen and oxygen atoms in total. The number of epoxide rings is 1. The maximum Gasteiger partial charge on any atom is 0.250 e. The Kier molecular flexibility index (Phi) is 7.80. The molecule has 0 amide bonds. The third kappa shape index (κ3) is 5.14. The maximum atomic E-state index is 6.80. The first kappa shape index (κ1) is 21.5. The van der Waals surface area contributed by atoms with Crippen molar-refractivity contribution in [1.82, 2.24) is 0 Å². The number of hydrogen-bond acceptors (Lipinski definition) is 3. The molecule has 0 saturated carbocycles. The Morgan fingerprint density at radius 2 is 1.27 bits per heavy atom. The molecule has 1 saturated heterocycles. The highest BCUT2D eigenvalue weighted by Gasteiger charge is 2.35. The molecule has 0 aliphatic carbocycles. The molecule has 1 aromatic carbocycles. The minimum Gasteiger partial charge on any atom is -0.541 e. The minimum atomic E-state index is -1.74. The lowest BCUT2D eigenvalue weighted by Gasteiger charge is -2.34. The lowest BCUT2D eigenvalue weighted by Crippen LogP contribution is -2.41. The number of benzene rings is 1. The topological polar surface area (TPSA) is 31.0 Å². The highest BCUT2D eigenvalue weighted by molar-refractivity contribution is 6.75. The number of ether oxygens (including phenoxy) is 1. The fraction of sp³-hybridized carbons (Fsp3) is 0.714. The molecule has 2 rings (SSSR count). The first-order valence-corrected chi connectivity index (χ1v) is 15.7.